The summed E-state index contributed by atoms with van der Waals surface area (Å²) in [5.74, 6) is -1.80. The molecule has 0 aliphatic rings. The molecule has 0 amide bonds. The lowest BCUT2D eigenvalue weighted by molar-refractivity contribution is -0.394. The number of carboxylic acids is 1. The Morgan fingerprint density at radius 2 is 2.26 bits per heavy atom. The summed E-state index contributed by atoms with van der Waals surface area (Å²) in [6, 6.07) is 1.16. The van der Waals surface area contributed by atoms with Crippen molar-refractivity contribution in [3.63, 3.8) is 0 Å². The largest absolute Gasteiger partial charge is 0.492 e. The number of aromatic carboxylic acids is 1. The average Bonchev–Trinajstić information content (AvgIpc) is 2.71. The molecule has 0 aromatic carbocycles. The minimum absolute atomic E-state index is 0.0247. The van der Waals surface area contributed by atoms with Crippen LogP contribution < -0.4 is 0 Å². The molecule has 0 aliphatic carbocycles. The van der Waals surface area contributed by atoms with Crippen LogP contribution in [0.1, 0.15) is 10.4 Å². The number of halogens is 2. The molecule has 2 rings (SSSR count). The van der Waals surface area contributed by atoms with Crippen LogP contribution in [0, 0.1) is 10.1 Å². The van der Waals surface area contributed by atoms with Crippen molar-refractivity contribution in [2.75, 3.05) is 0 Å². The van der Waals surface area contributed by atoms with Crippen LogP contribution >= 0.6 is 27.5 Å². The number of carbonyl (C=O) groups is 1. The molecule has 2 aromatic heterocycles. The number of rotatable bonds is 3. The van der Waals surface area contributed by atoms with Gasteiger partial charge in [0.2, 0.25) is 0 Å². The zero-order valence-corrected chi connectivity index (χ0v) is 11.2. The lowest BCUT2D eigenvalue weighted by Gasteiger charge is -2.01. The molecule has 1 N–H and O–H groups in total. The van der Waals surface area contributed by atoms with Crippen molar-refractivity contribution in [1.82, 2.24) is 19.7 Å². The highest BCUT2D eigenvalue weighted by Crippen LogP contribution is 2.23. The normalized spacial score (nSPS) is 10.4. The summed E-state index contributed by atoms with van der Waals surface area (Å²) < 4.78 is 1.02. The van der Waals surface area contributed by atoms with Crippen LogP contribution in [0.3, 0.4) is 0 Å². The maximum atomic E-state index is 10.7. The van der Waals surface area contributed by atoms with E-state index in [1.807, 2.05) is 0 Å². The molecule has 0 saturated carbocycles. The smallest absolute Gasteiger partial charge is 0.478 e. The Balaban J connectivity index is 2.53. The number of hydrogen-bond acceptors (Lipinski definition) is 6. The van der Waals surface area contributed by atoms with E-state index in [-0.39, 0.29) is 21.1 Å². The average molecular weight is 348 g/mol. The first-order valence-electron chi connectivity index (χ1n) is 4.56. The molecule has 2 heterocycles. The highest BCUT2D eigenvalue weighted by molar-refractivity contribution is 9.10. The van der Waals surface area contributed by atoms with Gasteiger partial charge in [0.15, 0.2) is 5.82 Å². The van der Waals surface area contributed by atoms with Gasteiger partial charge in [-0.15, -0.1) is 4.68 Å². The Morgan fingerprint density at radius 3 is 2.74 bits per heavy atom. The first kappa shape index (κ1) is 13.4. The zero-order chi connectivity index (χ0) is 14.2. The summed E-state index contributed by atoms with van der Waals surface area (Å²) in [5, 5.41) is 22.9. The lowest BCUT2D eigenvalue weighted by Crippen LogP contribution is -2.04. The van der Waals surface area contributed by atoms with E-state index >= 15 is 0 Å². The fourth-order valence-electron chi connectivity index (χ4n) is 1.20. The van der Waals surface area contributed by atoms with Gasteiger partial charge >= 0.3 is 11.9 Å². The van der Waals surface area contributed by atoms with Gasteiger partial charge in [-0.2, -0.15) is 0 Å². The number of nitro groups is 1. The maximum absolute atomic E-state index is 10.7. The number of hydrogen-bond donors (Lipinski definition) is 1. The van der Waals surface area contributed by atoms with Gasteiger partial charge in [-0.1, -0.05) is 11.6 Å². The van der Waals surface area contributed by atoms with Gasteiger partial charge in [-0.25, -0.2) is 9.78 Å². The second-order valence-electron chi connectivity index (χ2n) is 3.18. The van der Waals surface area contributed by atoms with Crippen molar-refractivity contribution < 1.29 is 14.8 Å². The number of pyridine rings is 1. The van der Waals surface area contributed by atoms with Crippen molar-refractivity contribution >= 4 is 39.4 Å². The van der Waals surface area contributed by atoms with Crippen molar-refractivity contribution in [2.45, 2.75) is 0 Å². The monoisotopic (exact) mass is 347 g/mol. The van der Waals surface area contributed by atoms with Crippen LogP contribution in [0.15, 0.2) is 17.0 Å². The minimum atomic E-state index is -1.19. The Kier molecular flexibility index (Phi) is 3.44. The van der Waals surface area contributed by atoms with Gasteiger partial charge in [0, 0.05) is 27.2 Å². The minimum Gasteiger partial charge on any atom is -0.478 e. The second kappa shape index (κ2) is 4.90. The maximum Gasteiger partial charge on any atom is 0.492 e. The summed E-state index contributed by atoms with van der Waals surface area (Å²) in [7, 11) is 0. The molecule has 0 bridgehead atoms. The van der Waals surface area contributed by atoms with E-state index in [1.54, 1.807) is 0 Å². The molecule has 98 valence electrons. The van der Waals surface area contributed by atoms with Crippen molar-refractivity contribution in [1.29, 1.82) is 0 Å². The van der Waals surface area contributed by atoms with Gasteiger partial charge < -0.3 is 15.2 Å². The predicted octanol–water partition coefficient (Wildman–Crippen LogP) is 1.68. The Labute approximate surface area is 118 Å². The molecule has 0 atom stereocenters. The molecule has 2 aromatic rings. The molecule has 19 heavy (non-hydrogen) atoms. The van der Waals surface area contributed by atoms with Crippen LogP contribution in [-0.2, 0) is 0 Å². The van der Waals surface area contributed by atoms with Crippen molar-refractivity contribution in [2.24, 2.45) is 0 Å². The van der Waals surface area contributed by atoms with Gasteiger partial charge in [-0.05, 0) is 16.0 Å². The Bertz CT molecular complexity index is 688. The van der Waals surface area contributed by atoms with E-state index in [4.69, 9.17) is 16.7 Å². The molecule has 0 saturated heterocycles. The summed E-state index contributed by atoms with van der Waals surface area (Å²) >= 11 is 8.84. The number of aromatic nitrogens is 4. The summed E-state index contributed by atoms with van der Waals surface area (Å²) in [5.41, 5.74) is -0.112. The summed E-state index contributed by atoms with van der Waals surface area (Å²) in [6.07, 6.45) is 1.06. The van der Waals surface area contributed by atoms with E-state index in [2.05, 4.69) is 31.0 Å². The SMILES string of the molecule is O=C(O)c1cnc(-n2nc([N+](=O)[O-])nc2Br)c(Cl)c1. The van der Waals surface area contributed by atoms with E-state index in [1.165, 1.54) is 0 Å². The van der Waals surface area contributed by atoms with Gasteiger partial charge in [0.1, 0.15) is 0 Å². The van der Waals surface area contributed by atoms with E-state index in [0.717, 1.165) is 16.9 Å². The number of nitrogens with zero attached hydrogens (tertiary/aromatic N) is 5. The van der Waals surface area contributed by atoms with Crippen LogP contribution in [0.5, 0.6) is 0 Å². The summed E-state index contributed by atoms with van der Waals surface area (Å²) in [4.78, 5) is 27.8. The molecular formula is C8H3BrClN5O4. The molecule has 0 aliphatic heterocycles. The van der Waals surface area contributed by atoms with Crippen LogP contribution in [0.25, 0.3) is 5.82 Å². The summed E-state index contributed by atoms with van der Waals surface area (Å²) in [6.45, 7) is 0. The van der Waals surface area contributed by atoms with E-state index in [0.29, 0.717) is 0 Å². The highest BCUT2D eigenvalue weighted by atomic mass is 79.9. The molecule has 0 spiro atoms. The molecular weight excluding hydrogens is 345 g/mol. The lowest BCUT2D eigenvalue weighted by atomic mass is 10.3. The fourth-order valence-corrected chi connectivity index (χ4v) is 1.85. The van der Waals surface area contributed by atoms with Gasteiger partial charge in [0.25, 0.3) is 4.73 Å². The predicted molar refractivity (Wildman–Crippen MR) is 65.5 cm³/mol. The van der Waals surface area contributed by atoms with Crippen LogP contribution in [-0.4, -0.2) is 35.7 Å². The van der Waals surface area contributed by atoms with Gasteiger partial charge in [0.05, 0.1) is 10.6 Å². The Hall–Kier alpha value is -2.07. The third-order valence-electron chi connectivity index (χ3n) is 1.99. The quantitative estimate of drug-likeness (QED) is 0.661. The second-order valence-corrected chi connectivity index (χ2v) is 4.30. The standard InChI is InChI=1S/C8H3BrClN5O4/c9-7-12-8(15(18)19)13-14(7)5-4(10)1-3(2-11-5)6(16)17/h1-2H,(H,16,17). The molecule has 9 nitrogen and oxygen atoms in total. The zero-order valence-electron chi connectivity index (χ0n) is 8.82. The number of carboxylic acid groups (broad SMARTS) is 1. The van der Waals surface area contributed by atoms with E-state index in [9.17, 15) is 14.9 Å². The Morgan fingerprint density at radius 1 is 1.58 bits per heavy atom. The fraction of sp³-hybridized carbons (Fsp3) is 0. The van der Waals surface area contributed by atoms with Crippen LogP contribution in [0.2, 0.25) is 5.02 Å². The molecule has 0 unspecified atom stereocenters. The highest BCUT2D eigenvalue weighted by Gasteiger charge is 2.23. The van der Waals surface area contributed by atoms with Crippen LogP contribution in [0.4, 0.5) is 5.95 Å². The van der Waals surface area contributed by atoms with Crippen molar-refractivity contribution in [3.8, 4) is 5.82 Å². The third-order valence-corrected chi connectivity index (χ3v) is 2.78. The molecule has 11 heteroatoms. The molecule has 0 fully saturated rings. The van der Waals surface area contributed by atoms with E-state index < -0.39 is 16.8 Å². The topological polar surface area (TPSA) is 124 Å². The first-order chi connectivity index (χ1) is 8.90. The van der Waals surface area contributed by atoms with Crippen molar-refractivity contribution in [3.05, 3.63) is 37.7 Å². The third kappa shape index (κ3) is 2.53. The molecule has 0 radical (unpaired) electrons. The van der Waals surface area contributed by atoms with Gasteiger partial charge in [-0.3, -0.25) is 0 Å². The first-order valence-corrected chi connectivity index (χ1v) is 5.73.